The van der Waals surface area contributed by atoms with Crippen LogP contribution in [0.15, 0.2) is 66.7 Å². The zero-order valence-electron chi connectivity index (χ0n) is 13.0. The van der Waals surface area contributed by atoms with Gasteiger partial charge in [-0.25, -0.2) is 0 Å². The van der Waals surface area contributed by atoms with Crippen LogP contribution in [0.5, 0.6) is 0 Å². The van der Waals surface area contributed by atoms with Gasteiger partial charge in [-0.05, 0) is 56.8 Å². The van der Waals surface area contributed by atoms with E-state index in [0.717, 1.165) is 6.42 Å². The van der Waals surface area contributed by atoms with Gasteiger partial charge in [-0.15, -0.1) is 0 Å². The maximum Gasteiger partial charge on any atom is -0.00963 e. The third kappa shape index (κ3) is 2.07. The molecule has 0 saturated heterocycles. The van der Waals surface area contributed by atoms with Gasteiger partial charge in [-0.2, -0.15) is 0 Å². The van der Waals surface area contributed by atoms with Gasteiger partial charge in [0.2, 0.25) is 0 Å². The van der Waals surface area contributed by atoms with Crippen LogP contribution in [-0.4, -0.2) is 0 Å². The van der Waals surface area contributed by atoms with E-state index < -0.39 is 0 Å². The first-order chi connectivity index (χ1) is 10.9. The van der Waals surface area contributed by atoms with Crippen molar-refractivity contribution in [1.29, 1.82) is 0 Å². The standard InChI is InChI=1S/C22H20/c1-2-3-10-20-19-12-7-5-9-17(19)15-22-18-11-6-4-8-16(18)13-14-21(20)22/h4-9,11-15H,2-3,10H2,1H3. The first-order valence-corrected chi connectivity index (χ1v) is 8.20. The lowest BCUT2D eigenvalue weighted by Crippen LogP contribution is -1.91. The quantitative estimate of drug-likeness (QED) is 0.298. The molecule has 0 saturated carbocycles. The molecule has 0 aromatic heterocycles. The highest BCUT2D eigenvalue weighted by Crippen LogP contribution is 2.34. The molecule has 4 rings (SSSR count). The summed E-state index contributed by atoms with van der Waals surface area (Å²) in [7, 11) is 0. The van der Waals surface area contributed by atoms with Crippen molar-refractivity contribution in [2.24, 2.45) is 0 Å². The largest absolute Gasteiger partial charge is 0.0654 e. The predicted molar refractivity (Wildman–Crippen MR) is 97.6 cm³/mol. The van der Waals surface area contributed by atoms with E-state index in [0.29, 0.717) is 0 Å². The van der Waals surface area contributed by atoms with Gasteiger partial charge in [0.05, 0.1) is 0 Å². The third-order valence-electron chi connectivity index (χ3n) is 4.66. The summed E-state index contributed by atoms with van der Waals surface area (Å²) in [5.74, 6) is 0. The minimum Gasteiger partial charge on any atom is -0.0654 e. The van der Waals surface area contributed by atoms with Crippen molar-refractivity contribution in [1.82, 2.24) is 0 Å². The molecule has 22 heavy (non-hydrogen) atoms. The second kappa shape index (κ2) is 5.46. The van der Waals surface area contributed by atoms with Crippen LogP contribution in [0.1, 0.15) is 25.3 Å². The van der Waals surface area contributed by atoms with E-state index in [1.54, 1.807) is 0 Å². The Kier molecular flexibility index (Phi) is 3.31. The van der Waals surface area contributed by atoms with Gasteiger partial charge in [0.25, 0.3) is 0 Å². The fourth-order valence-electron chi connectivity index (χ4n) is 3.54. The number of benzene rings is 4. The minimum absolute atomic E-state index is 1.16. The van der Waals surface area contributed by atoms with Crippen molar-refractivity contribution < 1.29 is 0 Å². The molecule has 0 aliphatic rings. The summed E-state index contributed by atoms with van der Waals surface area (Å²) in [5, 5.41) is 8.28. The molecule has 0 amide bonds. The summed E-state index contributed by atoms with van der Waals surface area (Å²) in [6.45, 7) is 2.27. The molecule has 0 unspecified atom stereocenters. The molecule has 0 aliphatic heterocycles. The van der Waals surface area contributed by atoms with E-state index in [-0.39, 0.29) is 0 Å². The van der Waals surface area contributed by atoms with Crippen LogP contribution in [0.4, 0.5) is 0 Å². The number of fused-ring (bicyclic) bond motifs is 4. The lowest BCUT2D eigenvalue weighted by Gasteiger charge is -2.13. The Balaban J connectivity index is 2.15. The van der Waals surface area contributed by atoms with Crippen LogP contribution in [0.25, 0.3) is 32.3 Å². The number of aryl methyl sites for hydroxylation is 1. The molecule has 4 aromatic rings. The molecule has 0 N–H and O–H groups in total. The van der Waals surface area contributed by atoms with Crippen molar-refractivity contribution in [2.45, 2.75) is 26.2 Å². The monoisotopic (exact) mass is 284 g/mol. The number of hydrogen-bond acceptors (Lipinski definition) is 0. The van der Waals surface area contributed by atoms with Crippen LogP contribution < -0.4 is 0 Å². The van der Waals surface area contributed by atoms with E-state index in [9.17, 15) is 0 Å². The Labute approximate surface area is 131 Å². The molecule has 0 heteroatoms. The molecule has 0 bridgehead atoms. The lowest BCUT2D eigenvalue weighted by atomic mass is 9.91. The van der Waals surface area contributed by atoms with Crippen molar-refractivity contribution in [2.75, 3.05) is 0 Å². The minimum atomic E-state index is 1.16. The smallest absolute Gasteiger partial charge is 0.00963 e. The number of rotatable bonds is 3. The van der Waals surface area contributed by atoms with Crippen LogP contribution in [0, 0.1) is 0 Å². The van der Waals surface area contributed by atoms with Crippen LogP contribution >= 0.6 is 0 Å². The summed E-state index contributed by atoms with van der Waals surface area (Å²) in [4.78, 5) is 0. The summed E-state index contributed by atoms with van der Waals surface area (Å²) in [6.07, 6.45) is 3.64. The highest BCUT2D eigenvalue weighted by atomic mass is 14.1. The van der Waals surface area contributed by atoms with E-state index >= 15 is 0 Å². The van der Waals surface area contributed by atoms with E-state index in [1.807, 2.05) is 0 Å². The van der Waals surface area contributed by atoms with Crippen LogP contribution in [0.3, 0.4) is 0 Å². The van der Waals surface area contributed by atoms with Gasteiger partial charge < -0.3 is 0 Å². The molecule has 0 heterocycles. The third-order valence-corrected chi connectivity index (χ3v) is 4.66. The van der Waals surface area contributed by atoms with Gasteiger partial charge in [0.1, 0.15) is 0 Å². The average Bonchev–Trinajstić information content (AvgIpc) is 2.58. The van der Waals surface area contributed by atoms with Crippen molar-refractivity contribution in [3.05, 3.63) is 72.3 Å². The Morgan fingerprint density at radius 3 is 2.18 bits per heavy atom. The molecule has 4 aromatic carbocycles. The van der Waals surface area contributed by atoms with Crippen LogP contribution in [-0.2, 0) is 6.42 Å². The molecule has 0 atom stereocenters. The van der Waals surface area contributed by atoms with Crippen molar-refractivity contribution in [3.8, 4) is 0 Å². The molecular weight excluding hydrogens is 264 g/mol. The number of hydrogen-bond donors (Lipinski definition) is 0. The van der Waals surface area contributed by atoms with Crippen molar-refractivity contribution in [3.63, 3.8) is 0 Å². The second-order valence-electron chi connectivity index (χ2n) is 6.06. The number of unbranched alkanes of at least 4 members (excludes halogenated alkanes) is 1. The molecule has 0 radical (unpaired) electrons. The molecular formula is C22H20. The Bertz CT molecular complexity index is 963. The SMILES string of the molecule is CCCCc1c2ccccc2cc2c1ccc1ccccc12. The molecule has 108 valence electrons. The fraction of sp³-hybridized carbons (Fsp3) is 0.182. The zero-order chi connectivity index (χ0) is 14.9. The first kappa shape index (κ1) is 13.3. The summed E-state index contributed by atoms with van der Waals surface area (Å²) in [6, 6.07) is 24.5. The van der Waals surface area contributed by atoms with Gasteiger partial charge >= 0.3 is 0 Å². The highest BCUT2D eigenvalue weighted by Gasteiger charge is 2.09. The average molecular weight is 284 g/mol. The summed E-state index contributed by atoms with van der Waals surface area (Å²) >= 11 is 0. The van der Waals surface area contributed by atoms with E-state index in [1.165, 1.54) is 50.7 Å². The molecule has 0 aliphatic carbocycles. The predicted octanol–water partition coefficient (Wildman–Crippen LogP) is 6.49. The van der Waals surface area contributed by atoms with E-state index in [4.69, 9.17) is 0 Å². The summed E-state index contributed by atoms with van der Waals surface area (Å²) < 4.78 is 0. The topological polar surface area (TPSA) is 0 Å². The first-order valence-electron chi connectivity index (χ1n) is 8.20. The highest BCUT2D eigenvalue weighted by molar-refractivity contribution is 6.14. The Morgan fingerprint density at radius 2 is 1.36 bits per heavy atom. The van der Waals surface area contributed by atoms with E-state index in [2.05, 4.69) is 73.7 Å². The van der Waals surface area contributed by atoms with Gasteiger partial charge in [-0.3, -0.25) is 0 Å². The lowest BCUT2D eigenvalue weighted by molar-refractivity contribution is 0.802. The molecule has 0 spiro atoms. The Hall–Kier alpha value is -2.34. The summed E-state index contributed by atoms with van der Waals surface area (Å²) in [5.41, 5.74) is 1.51. The van der Waals surface area contributed by atoms with Crippen molar-refractivity contribution >= 4 is 32.3 Å². The maximum atomic E-state index is 2.36. The molecule has 0 fully saturated rings. The maximum absolute atomic E-state index is 2.36. The fourth-order valence-corrected chi connectivity index (χ4v) is 3.54. The van der Waals surface area contributed by atoms with Gasteiger partial charge in [-0.1, -0.05) is 74.0 Å². The van der Waals surface area contributed by atoms with Gasteiger partial charge in [0, 0.05) is 0 Å². The molecule has 0 nitrogen and oxygen atoms in total. The van der Waals surface area contributed by atoms with Gasteiger partial charge in [0.15, 0.2) is 0 Å². The normalized spacial score (nSPS) is 11.5. The van der Waals surface area contributed by atoms with Crippen LogP contribution in [0.2, 0.25) is 0 Å². The zero-order valence-corrected chi connectivity index (χ0v) is 13.0. The second-order valence-corrected chi connectivity index (χ2v) is 6.06. The Morgan fingerprint density at radius 1 is 0.636 bits per heavy atom.